The monoisotopic (exact) mass is 164 g/mol. The molecule has 0 saturated heterocycles. The molecule has 0 atom stereocenters. The Morgan fingerprint density at radius 1 is 1.67 bits per heavy atom. The first-order valence-electron chi connectivity index (χ1n) is 3.87. The first-order chi connectivity index (χ1) is 5.83. The minimum absolute atomic E-state index is 0.614. The van der Waals surface area contributed by atoms with Crippen LogP contribution in [-0.4, -0.2) is 16.6 Å². The Morgan fingerprint density at radius 3 is 3.08 bits per heavy atom. The minimum Gasteiger partial charge on any atom is -0.477 e. The molecule has 0 aliphatic carbocycles. The van der Waals surface area contributed by atoms with Crippen LogP contribution in [0.25, 0.3) is 0 Å². The van der Waals surface area contributed by atoms with Crippen molar-refractivity contribution in [1.29, 1.82) is 0 Å². The molecule has 0 unspecified atom stereocenters. The van der Waals surface area contributed by atoms with E-state index in [-0.39, 0.29) is 0 Å². The zero-order chi connectivity index (χ0) is 8.81. The fourth-order valence-electron chi connectivity index (χ4n) is 0.809. The van der Waals surface area contributed by atoms with Crippen LogP contribution in [0.5, 0.6) is 5.88 Å². The van der Waals surface area contributed by atoms with Gasteiger partial charge in [-0.25, -0.2) is 4.98 Å². The topological polar surface area (TPSA) is 37.9 Å². The number of hydrogen-bond acceptors (Lipinski definition) is 2. The van der Waals surface area contributed by atoms with E-state index >= 15 is 0 Å². The van der Waals surface area contributed by atoms with Crippen LogP contribution in [0.1, 0.15) is 19.2 Å². The average Bonchev–Trinajstić information content (AvgIpc) is 2.45. The third kappa shape index (κ3) is 2.67. The number of aromatic nitrogens is 2. The summed E-state index contributed by atoms with van der Waals surface area (Å²) in [6.07, 6.45) is 2.43. The third-order valence-corrected chi connectivity index (χ3v) is 1.34. The molecule has 1 N–H and O–H groups in total. The fraction of sp³-hybridized carbons (Fsp3) is 0.444. The highest BCUT2D eigenvalue weighted by Gasteiger charge is 1.94. The molecule has 0 spiro atoms. The smallest absolute Gasteiger partial charge is 0.211 e. The molecule has 1 aromatic rings. The van der Waals surface area contributed by atoms with Gasteiger partial charge in [0.2, 0.25) is 5.88 Å². The van der Waals surface area contributed by atoms with Gasteiger partial charge in [0.25, 0.3) is 0 Å². The molecular formula is C9H12N2O. The number of aromatic amines is 1. The summed E-state index contributed by atoms with van der Waals surface area (Å²) in [5, 5.41) is 0. The maximum absolute atomic E-state index is 5.31. The van der Waals surface area contributed by atoms with Gasteiger partial charge in [-0.15, -0.1) is 11.8 Å². The van der Waals surface area contributed by atoms with Crippen LogP contribution in [-0.2, 0) is 0 Å². The maximum atomic E-state index is 5.31. The second kappa shape index (κ2) is 4.45. The number of aryl methyl sites for hydroxylation is 1. The first kappa shape index (κ1) is 8.66. The second-order valence-electron chi connectivity index (χ2n) is 2.36. The number of imidazole rings is 1. The summed E-state index contributed by atoms with van der Waals surface area (Å²) >= 11 is 0. The van der Waals surface area contributed by atoms with Crippen molar-refractivity contribution < 1.29 is 4.74 Å². The van der Waals surface area contributed by atoms with E-state index in [1.165, 1.54) is 0 Å². The number of hydrogen-bond donors (Lipinski definition) is 1. The van der Waals surface area contributed by atoms with Crippen LogP contribution in [0.3, 0.4) is 0 Å². The Bertz CT molecular complexity index is 293. The molecule has 64 valence electrons. The maximum Gasteiger partial charge on any atom is 0.211 e. The lowest BCUT2D eigenvalue weighted by molar-refractivity contribution is 0.315. The largest absolute Gasteiger partial charge is 0.477 e. The van der Waals surface area contributed by atoms with Gasteiger partial charge in [-0.3, -0.25) is 0 Å². The molecule has 1 rings (SSSR count). The van der Waals surface area contributed by atoms with Crippen molar-refractivity contribution >= 4 is 0 Å². The molecule has 0 amide bonds. The van der Waals surface area contributed by atoms with Crippen LogP contribution in [0, 0.1) is 18.8 Å². The third-order valence-electron chi connectivity index (χ3n) is 1.34. The lowest BCUT2D eigenvalue weighted by atomic mass is 10.4. The first-order valence-corrected chi connectivity index (χ1v) is 3.87. The highest BCUT2D eigenvalue weighted by atomic mass is 16.5. The Morgan fingerprint density at radius 2 is 2.50 bits per heavy atom. The van der Waals surface area contributed by atoms with Gasteiger partial charge in [0.1, 0.15) is 12.4 Å². The van der Waals surface area contributed by atoms with E-state index in [1.54, 1.807) is 6.20 Å². The van der Waals surface area contributed by atoms with Gasteiger partial charge >= 0.3 is 0 Å². The Balaban J connectivity index is 2.27. The molecule has 0 aliphatic rings. The molecule has 12 heavy (non-hydrogen) atoms. The Hall–Kier alpha value is -1.43. The zero-order valence-corrected chi connectivity index (χ0v) is 7.35. The summed E-state index contributed by atoms with van der Waals surface area (Å²) in [5.74, 6) is 7.30. The van der Waals surface area contributed by atoms with Crippen molar-refractivity contribution in [2.45, 2.75) is 20.3 Å². The SMILES string of the molecule is CC#CCCOc1cnc(C)[nH]1. The van der Waals surface area contributed by atoms with Crippen LogP contribution in [0.4, 0.5) is 0 Å². The predicted octanol–water partition coefficient (Wildman–Crippen LogP) is 1.51. The van der Waals surface area contributed by atoms with E-state index in [2.05, 4.69) is 21.8 Å². The van der Waals surface area contributed by atoms with E-state index in [0.29, 0.717) is 12.5 Å². The predicted molar refractivity (Wildman–Crippen MR) is 46.9 cm³/mol. The lowest BCUT2D eigenvalue weighted by Gasteiger charge is -1.97. The minimum atomic E-state index is 0.614. The van der Waals surface area contributed by atoms with Gasteiger partial charge in [-0.2, -0.15) is 0 Å². The summed E-state index contributed by atoms with van der Waals surface area (Å²) in [4.78, 5) is 6.97. The molecule has 0 radical (unpaired) electrons. The molecule has 3 heteroatoms. The van der Waals surface area contributed by atoms with Crippen LogP contribution in [0.2, 0.25) is 0 Å². The average molecular weight is 164 g/mol. The van der Waals surface area contributed by atoms with Crippen molar-refractivity contribution in [3.8, 4) is 17.7 Å². The van der Waals surface area contributed by atoms with Gasteiger partial charge in [-0.1, -0.05) is 0 Å². The van der Waals surface area contributed by atoms with E-state index < -0.39 is 0 Å². The molecule has 1 heterocycles. The lowest BCUT2D eigenvalue weighted by Crippen LogP contribution is -1.95. The van der Waals surface area contributed by atoms with Gasteiger partial charge in [0.15, 0.2) is 0 Å². The number of ether oxygens (including phenoxy) is 1. The molecule has 0 aromatic carbocycles. The molecule has 0 bridgehead atoms. The van der Waals surface area contributed by atoms with Crippen molar-refractivity contribution in [3.05, 3.63) is 12.0 Å². The van der Waals surface area contributed by atoms with Gasteiger partial charge < -0.3 is 9.72 Å². The molecule has 0 aliphatic heterocycles. The molecular weight excluding hydrogens is 152 g/mol. The zero-order valence-electron chi connectivity index (χ0n) is 7.35. The van der Waals surface area contributed by atoms with E-state index in [4.69, 9.17) is 4.74 Å². The molecule has 0 fully saturated rings. The number of nitrogens with zero attached hydrogens (tertiary/aromatic N) is 1. The summed E-state index contributed by atoms with van der Waals surface area (Å²) < 4.78 is 5.31. The van der Waals surface area contributed by atoms with Gasteiger partial charge in [0.05, 0.1) is 6.20 Å². The van der Waals surface area contributed by atoms with Gasteiger partial charge in [0, 0.05) is 6.42 Å². The van der Waals surface area contributed by atoms with Crippen LogP contribution in [0.15, 0.2) is 6.20 Å². The van der Waals surface area contributed by atoms with Crippen molar-refractivity contribution in [1.82, 2.24) is 9.97 Å². The molecule has 3 nitrogen and oxygen atoms in total. The highest BCUT2D eigenvalue weighted by Crippen LogP contribution is 2.04. The highest BCUT2D eigenvalue weighted by molar-refractivity contribution is 5.06. The van der Waals surface area contributed by atoms with Crippen molar-refractivity contribution in [2.24, 2.45) is 0 Å². The fourth-order valence-corrected chi connectivity index (χ4v) is 0.809. The normalized spacial score (nSPS) is 8.83. The number of rotatable bonds is 3. The van der Waals surface area contributed by atoms with E-state index in [9.17, 15) is 0 Å². The van der Waals surface area contributed by atoms with Crippen LogP contribution < -0.4 is 4.74 Å². The number of nitrogens with one attached hydrogen (secondary N) is 1. The standard InChI is InChI=1S/C9H12N2O/c1-3-4-5-6-12-9-7-10-8(2)11-9/h7H,5-6H2,1-2H3,(H,10,11). The Kier molecular flexibility index (Phi) is 3.21. The quantitative estimate of drug-likeness (QED) is 0.543. The van der Waals surface area contributed by atoms with Crippen molar-refractivity contribution in [3.63, 3.8) is 0 Å². The summed E-state index contributed by atoms with van der Waals surface area (Å²) in [7, 11) is 0. The van der Waals surface area contributed by atoms with Crippen molar-refractivity contribution in [2.75, 3.05) is 6.61 Å². The molecule has 0 saturated carbocycles. The van der Waals surface area contributed by atoms with Gasteiger partial charge in [-0.05, 0) is 13.8 Å². The second-order valence-corrected chi connectivity index (χ2v) is 2.36. The summed E-state index contributed by atoms with van der Waals surface area (Å²) in [6, 6.07) is 0. The Labute approximate surface area is 72.2 Å². The number of H-pyrrole nitrogens is 1. The van der Waals surface area contributed by atoms with E-state index in [0.717, 1.165) is 12.2 Å². The summed E-state index contributed by atoms with van der Waals surface area (Å²) in [6.45, 7) is 4.32. The van der Waals surface area contributed by atoms with E-state index in [1.807, 2.05) is 13.8 Å². The summed E-state index contributed by atoms with van der Waals surface area (Å²) in [5.41, 5.74) is 0. The molecule has 1 aromatic heterocycles. The van der Waals surface area contributed by atoms with Crippen LogP contribution >= 0.6 is 0 Å².